The topological polar surface area (TPSA) is 52.3 Å². The van der Waals surface area contributed by atoms with E-state index in [1.165, 1.54) is 6.08 Å². The van der Waals surface area contributed by atoms with E-state index in [2.05, 4.69) is 0 Å². The highest BCUT2D eigenvalue weighted by molar-refractivity contribution is 6.30. The minimum absolute atomic E-state index is 0.332. The van der Waals surface area contributed by atoms with Crippen LogP contribution in [0.5, 0.6) is 0 Å². The van der Waals surface area contributed by atoms with E-state index in [-0.39, 0.29) is 0 Å². The summed E-state index contributed by atoms with van der Waals surface area (Å²) < 4.78 is 4.74. The average molecular weight is 226 g/mol. The average Bonchev–Trinajstić information content (AvgIpc) is 2.18. The number of nitrogens with two attached hydrogens (primary N) is 1. The van der Waals surface area contributed by atoms with Crippen molar-refractivity contribution in [3.8, 4) is 0 Å². The van der Waals surface area contributed by atoms with E-state index in [9.17, 15) is 4.79 Å². The molecule has 0 aliphatic rings. The zero-order valence-electron chi connectivity index (χ0n) is 8.37. The first kappa shape index (κ1) is 11.6. The van der Waals surface area contributed by atoms with Gasteiger partial charge in [-0.2, -0.15) is 0 Å². The van der Waals surface area contributed by atoms with Gasteiger partial charge in [0.15, 0.2) is 0 Å². The summed E-state index contributed by atoms with van der Waals surface area (Å²) in [5, 5.41) is 0.577. The summed E-state index contributed by atoms with van der Waals surface area (Å²) in [5.74, 6) is -0.449. The molecule has 3 nitrogen and oxygen atoms in total. The summed E-state index contributed by atoms with van der Waals surface area (Å²) in [6, 6.07) is 6.97. The summed E-state index contributed by atoms with van der Waals surface area (Å²) in [6.07, 6.45) is 1.25. The second-order valence-corrected chi connectivity index (χ2v) is 3.30. The third kappa shape index (κ3) is 3.64. The van der Waals surface area contributed by atoms with Gasteiger partial charge in [-0.1, -0.05) is 23.7 Å². The molecule has 0 saturated heterocycles. The lowest BCUT2D eigenvalue weighted by atomic mass is 10.1. The Morgan fingerprint density at radius 3 is 2.93 bits per heavy atom. The zero-order chi connectivity index (χ0) is 11.3. The van der Waals surface area contributed by atoms with Crippen molar-refractivity contribution in [3.63, 3.8) is 0 Å². The molecule has 0 unspecified atom stereocenters. The predicted molar refractivity (Wildman–Crippen MR) is 60.2 cm³/mol. The molecular formula is C11H12ClNO2. The largest absolute Gasteiger partial charge is 0.463 e. The lowest BCUT2D eigenvalue weighted by Crippen LogP contribution is -2.05. The normalized spacial score (nSPS) is 11.2. The van der Waals surface area contributed by atoms with Crippen molar-refractivity contribution in [1.29, 1.82) is 0 Å². The molecule has 0 heterocycles. The van der Waals surface area contributed by atoms with Crippen LogP contribution in [0.4, 0.5) is 0 Å². The Hall–Kier alpha value is -1.48. The number of rotatable bonds is 3. The van der Waals surface area contributed by atoms with E-state index in [1.54, 1.807) is 31.2 Å². The summed E-state index contributed by atoms with van der Waals surface area (Å²) in [4.78, 5) is 11.1. The summed E-state index contributed by atoms with van der Waals surface area (Å²) >= 11 is 5.79. The van der Waals surface area contributed by atoms with Gasteiger partial charge in [-0.3, -0.25) is 0 Å². The number of esters is 1. The molecule has 0 aromatic heterocycles. The summed E-state index contributed by atoms with van der Waals surface area (Å²) in [7, 11) is 0. The van der Waals surface area contributed by atoms with Crippen LogP contribution >= 0.6 is 11.6 Å². The Kier molecular flexibility index (Phi) is 4.18. The molecule has 15 heavy (non-hydrogen) atoms. The Morgan fingerprint density at radius 1 is 1.60 bits per heavy atom. The SMILES string of the molecule is CCOC(=O)/C=C(\N)c1cccc(Cl)c1. The first-order valence-electron chi connectivity index (χ1n) is 4.53. The van der Waals surface area contributed by atoms with E-state index >= 15 is 0 Å². The van der Waals surface area contributed by atoms with Crippen molar-refractivity contribution in [2.24, 2.45) is 5.73 Å². The van der Waals surface area contributed by atoms with Gasteiger partial charge in [0.2, 0.25) is 0 Å². The highest BCUT2D eigenvalue weighted by Crippen LogP contribution is 2.15. The second-order valence-electron chi connectivity index (χ2n) is 2.86. The molecule has 0 spiro atoms. The van der Waals surface area contributed by atoms with Crippen LogP contribution in [0.1, 0.15) is 12.5 Å². The maximum Gasteiger partial charge on any atom is 0.332 e. The van der Waals surface area contributed by atoms with Gasteiger partial charge in [-0.15, -0.1) is 0 Å². The molecule has 0 aliphatic carbocycles. The molecule has 1 aromatic carbocycles. The van der Waals surface area contributed by atoms with Crippen LogP contribution in [0.25, 0.3) is 5.70 Å². The fourth-order valence-electron chi connectivity index (χ4n) is 1.06. The number of carbonyl (C=O) groups is 1. The number of ether oxygens (including phenoxy) is 1. The molecule has 2 N–H and O–H groups in total. The summed E-state index contributed by atoms with van der Waals surface area (Å²) in [6.45, 7) is 2.07. The molecule has 80 valence electrons. The van der Waals surface area contributed by atoms with Crippen LogP contribution in [-0.4, -0.2) is 12.6 Å². The van der Waals surface area contributed by atoms with Gasteiger partial charge in [0.05, 0.1) is 6.61 Å². The number of hydrogen-bond donors (Lipinski definition) is 1. The molecule has 0 radical (unpaired) electrons. The number of halogens is 1. The van der Waals surface area contributed by atoms with Gasteiger partial charge in [0, 0.05) is 16.8 Å². The standard InChI is InChI=1S/C11H12ClNO2/c1-2-15-11(14)7-10(13)8-4-3-5-9(12)6-8/h3-7H,2,13H2,1H3/b10-7-. The van der Waals surface area contributed by atoms with Crippen LogP contribution in [-0.2, 0) is 9.53 Å². The van der Waals surface area contributed by atoms with E-state index in [4.69, 9.17) is 22.1 Å². The number of carbonyl (C=O) groups excluding carboxylic acids is 1. The molecule has 0 fully saturated rings. The highest BCUT2D eigenvalue weighted by Gasteiger charge is 2.01. The number of hydrogen-bond acceptors (Lipinski definition) is 3. The lowest BCUT2D eigenvalue weighted by Gasteiger charge is -2.02. The van der Waals surface area contributed by atoms with Crippen LogP contribution in [0.3, 0.4) is 0 Å². The molecule has 4 heteroatoms. The Labute approximate surface area is 93.5 Å². The minimum Gasteiger partial charge on any atom is -0.463 e. The maximum atomic E-state index is 11.1. The molecule has 0 aliphatic heterocycles. The molecule has 1 aromatic rings. The molecule has 0 amide bonds. The maximum absolute atomic E-state index is 11.1. The first-order valence-corrected chi connectivity index (χ1v) is 4.91. The Bertz CT molecular complexity index is 388. The first-order chi connectivity index (χ1) is 7.13. The number of benzene rings is 1. The molecule has 1 rings (SSSR count). The Morgan fingerprint density at radius 2 is 2.33 bits per heavy atom. The van der Waals surface area contributed by atoms with Gasteiger partial charge in [0.25, 0.3) is 0 Å². The van der Waals surface area contributed by atoms with E-state index in [0.717, 1.165) is 0 Å². The van der Waals surface area contributed by atoms with Crippen molar-refractivity contribution >= 4 is 23.3 Å². The molecule has 0 atom stereocenters. The van der Waals surface area contributed by atoms with Crippen LogP contribution in [0, 0.1) is 0 Å². The highest BCUT2D eigenvalue weighted by atomic mass is 35.5. The van der Waals surface area contributed by atoms with Crippen LogP contribution in [0.15, 0.2) is 30.3 Å². The minimum atomic E-state index is -0.449. The van der Waals surface area contributed by atoms with Crippen molar-refractivity contribution < 1.29 is 9.53 Å². The monoisotopic (exact) mass is 225 g/mol. The van der Waals surface area contributed by atoms with Crippen molar-refractivity contribution in [3.05, 3.63) is 40.9 Å². The molecule has 0 saturated carbocycles. The second kappa shape index (κ2) is 5.41. The van der Waals surface area contributed by atoms with Gasteiger partial charge in [0.1, 0.15) is 0 Å². The molecular weight excluding hydrogens is 214 g/mol. The van der Waals surface area contributed by atoms with Crippen LogP contribution in [0.2, 0.25) is 5.02 Å². The predicted octanol–water partition coefficient (Wildman–Crippen LogP) is 2.20. The third-order valence-electron chi connectivity index (χ3n) is 1.72. The van der Waals surface area contributed by atoms with E-state index in [1.807, 2.05) is 0 Å². The molecule has 0 bridgehead atoms. The Balaban J connectivity index is 2.84. The quantitative estimate of drug-likeness (QED) is 0.634. The fourth-order valence-corrected chi connectivity index (χ4v) is 1.25. The van der Waals surface area contributed by atoms with Gasteiger partial charge in [-0.05, 0) is 24.6 Å². The lowest BCUT2D eigenvalue weighted by molar-refractivity contribution is -0.137. The van der Waals surface area contributed by atoms with E-state index < -0.39 is 5.97 Å². The van der Waals surface area contributed by atoms with Gasteiger partial charge < -0.3 is 10.5 Å². The van der Waals surface area contributed by atoms with E-state index in [0.29, 0.717) is 22.9 Å². The zero-order valence-corrected chi connectivity index (χ0v) is 9.12. The van der Waals surface area contributed by atoms with Crippen molar-refractivity contribution in [2.75, 3.05) is 6.61 Å². The summed E-state index contributed by atoms with van der Waals surface area (Å²) in [5.41, 5.74) is 6.74. The smallest absolute Gasteiger partial charge is 0.332 e. The van der Waals surface area contributed by atoms with Gasteiger partial charge >= 0.3 is 5.97 Å². The third-order valence-corrected chi connectivity index (χ3v) is 1.95. The fraction of sp³-hybridized carbons (Fsp3) is 0.182. The van der Waals surface area contributed by atoms with Crippen molar-refractivity contribution in [1.82, 2.24) is 0 Å². The van der Waals surface area contributed by atoms with Crippen LogP contribution < -0.4 is 5.73 Å². The van der Waals surface area contributed by atoms with Gasteiger partial charge in [-0.25, -0.2) is 4.79 Å². The van der Waals surface area contributed by atoms with Crippen molar-refractivity contribution in [2.45, 2.75) is 6.92 Å².